The predicted octanol–water partition coefficient (Wildman–Crippen LogP) is 13.6. The lowest BCUT2D eigenvalue weighted by molar-refractivity contribution is -0.137. The molecule has 0 aliphatic rings. The number of nitrogens with two attached hydrogens (primary N) is 1. The molecule has 0 fully saturated rings. The fraction of sp³-hybridized carbons (Fsp3) is 0.875. The summed E-state index contributed by atoms with van der Waals surface area (Å²) in [6.45, 7) is 5.26. The molecule has 262 valence electrons. The highest BCUT2D eigenvalue weighted by Gasteiger charge is 1.97. The predicted molar refractivity (Wildman–Crippen MR) is 195 cm³/mol. The van der Waals surface area contributed by atoms with Crippen LogP contribution in [0.25, 0.3) is 0 Å². The molecule has 0 radical (unpaired) electrons. The molecule has 0 heterocycles. The average molecular weight is 622 g/mol. The largest absolute Gasteiger partial charge is 0.481 e. The molecule has 0 amide bonds. The third-order valence-corrected chi connectivity index (χ3v) is 8.43. The number of allylic oxidation sites excluding steroid dienone is 4. The van der Waals surface area contributed by atoms with E-state index in [2.05, 4.69) is 43.0 Å². The molecular weight excluding hydrogens is 542 g/mol. The van der Waals surface area contributed by atoms with Crippen molar-refractivity contribution in [3.8, 4) is 0 Å². The summed E-state index contributed by atoms with van der Waals surface area (Å²) < 4.78 is 0. The van der Waals surface area contributed by atoms with Gasteiger partial charge in [-0.25, -0.2) is 5.90 Å². The highest BCUT2D eigenvalue weighted by atomic mass is 16.6. The molecule has 3 N–H and O–H groups in total. The molecule has 0 saturated heterocycles. The van der Waals surface area contributed by atoms with Gasteiger partial charge < -0.3 is 9.94 Å². The van der Waals surface area contributed by atoms with Crippen molar-refractivity contribution >= 4 is 5.97 Å². The van der Waals surface area contributed by atoms with E-state index < -0.39 is 5.97 Å². The SMILES string of the molecule is CCCCCCCC/C=C\CCCCCCCCCCCC(=O)O.CCCCCCCC/C=C\CCCCCCCCON. The van der Waals surface area contributed by atoms with E-state index in [-0.39, 0.29) is 0 Å². The fourth-order valence-corrected chi connectivity index (χ4v) is 5.49. The lowest BCUT2D eigenvalue weighted by atomic mass is 10.1. The van der Waals surface area contributed by atoms with E-state index >= 15 is 0 Å². The summed E-state index contributed by atoms with van der Waals surface area (Å²) in [7, 11) is 0. The molecule has 4 heteroatoms. The summed E-state index contributed by atoms with van der Waals surface area (Å²) in [4.78, 5) is 14.9. The van der Waals surface area contributed by atoms with Gasteiger partial charge in [-0.3, -0.25) is 4.79 Å². The van der Waals surface area contributed by atoms with E-state index in [1.54, 1.807) is 0 Å². The van der Waals surface area contributed by atoms with Gasteiger partial charge in [0.25, 0.3) is 0 Å². The summed E-state index contributed by atoms with van der Waals surface area (Å²) in [5, 5.41) is 8.55. The zero-order valence-electron chi connectivity index (χ0n) is 30.0. The first-order chi connectivity index (χ1) is 21.7. The Balaban J connectivity index is 0. The van der Waals surface area contributed by atoms with Crippen molar-refractivity contribution in [1.29, 1.82) is 0 Å². The Bertz CT molecular complexity index is 575. The molecule has 0 aromatic carbocycles. The van der Waals surface area contributed by atoms with Gasteiger partial charge in [0, 0.05) is 6.42 Å². The number of aliphatic carboxylic acids is 1. The van der Waals surface area contributed by atoms with Crippen molar-refractivity contribution in [2.24, 2.45) is 5.90 Å². The number of carboxylic acids is 1. The zero-order valence-corrected chi connectivity index (χ0v) is 30.0. The molecule has 0 unspecified atom stereocenters. The summed E-state index contributed by atoms with van der Waals surface area (Å²) in [5.41, 5.74) is 0. The van der Waals surface area contributed by atoms with E-state index in [9.17, 15) is 4.79 Å². The highest BCUT2D eigenvalue weighted by molar-refractivity contribution is 5.66. The quantitative estimate of drug-likeness (QED) is 0.0419. The van der Waals surface area contributed by atoms with E-state index in [0.717, 1.165) is 19.3 Å². The molecule has 4 nitrogen and oxygen atoms in total. The third-order valence-electron chi connectivity index (χ3n) is 8.43. The Kier molecular flexibility index (Phi) is 45.0. The maximum Gasteiger partial charge on any atom is 0.303 e. The van der Waals surface area contributed by atoms with Crippen LogP contribution in [0.5, 0.6) is 0 Å². The third kappa shape index (κ3) is 47.8. The van der Waals surface area contributed by atoms with Crippen LogP contribution in [0.3, 0.4) is 0 Å². The second-order valence-corrected chi connectivity index (χ2v) is 13.0. The van der Waals surface area contributed by atoms with E-state index in [0.29, 0.717) is 13.0 Å². The first-order valence-corrected chi connectivity index (χ1v) is 19.5. The number of carboxylic acid groups (broad SMARTS) is 1. The van der Waals surface area contributed by atoms with Crippen LogP contribution < -0.4 is 5.90 Å². The summed E-state index contributed by atoms with van der Waals surface area (Å²) in [5.74, 6) is 4.33. The van der Waals surface area contributed by atoms with Crippen molar-refractivity contribution in [3.63, 3.8) is 0 Å². The Morgan fingerprint density at radius 3 is 1.02 bits per heavy atom. The minimum absolute atomic E-state index is 0.340. The number of unbranched alkanes of at least 4 members (excludes halogenated alkanes) is 27. The van der Waals surface area contributed by atoms with Gasteiger partial charge in [-0.1, -0.05) is 173 Å². The van der Waals surface area contributed by atoms with Crippen molar-refractivity contribution < 1.29 is 14.7 Å². The first-order valence-electron chi connectivity index (χ1n) is 19.5. The molecular formula is C40H79NO3. The molecule has 0 bridgehead atoms. The van der Waals surface area contributed by atoms with Crippen LogP contribution in [0.15, 0.2) is 24.3 Å². The maximum atomic E-state index is 10.4. The van der Waals surface area contributed by atoms with Crippen molar-refractivity contribution in [2.45, 2.75) is 219 Å². The Hall–Kier alpha value is -1.13. The monoisotopic (exact) mass is 622 g/mol. The van der Waals surface area contributed by atoms with Crippen LogP contribution in [0.4, 0.5) is 0 Å². The molecule has 0 atom stereocenters. The summed E-state index contributed by atoms with van der Waals surface area (Å²) in [6.07, 6.45) is 50.6. The highest BCUT2D eigenvalue weighted by Crippen LogP contribution is 2.13. The summed E-state index contributed by atoms with van der Waals surface area (Å²) >= 11 is 0. The van der Waals surface area contributed by atoms with Gasteiger partial charge in [-0.2, -0.15) is 0 Å². The van der Waals surface area contributed by atoms with Gasteiger partial charge >= 0.3 is 5.97 Å². The summed E-state index contributed by atoms with van der Waals surface area (Å²) in [6, 6.07) is 0. The Morgan fingerprint density at radius 1 is 0.455 bits per heavy atom. The molecule has 44 heavy (non-hydrogen) atoms. The van der Waals surface area contributed by atoms with Crippen LogP contribution in [0, 0.1) is 0 Å². The fourth-order valence-electron chi connectivity index (χ4n) is 5.49. The second-order valence-electron chi connectivity index (χ2n) is 13.0. The minimum atomic E-state index is -0.656. The number of hydrogen-bond donors (Lipinski definition) is 2. The molecule has 0 rings (SSSR count). The lowest BCUT2D eigenvalue weighted by Gasteiger charge is -2.01. The molecule has 0 aliphatic heterocycles. The van der Waals surface area contributed by atoms with Crippen molar-refractivity contribution in [2.75, 3.05) is 6.61 Å². The van der Waals surface area contributed by atoms with Crippen LogP contribution in [0.1, 0.15) is 219 Å². The van der Waals surface area contributed by atoms with Gasteiger partial charge in [-0.15, -0.1) is 0 Å². The number of hydrogen-bond acceptors (Lipinski definition) is 3. The first kappa shape index (κ1) is 45.0. The van der Waals surface area contributed by atoms with Crippen LogP contribution >= 0.6 is 0 Å². The van der Waals surface area contributed by atoms with Crippen molar-refractivity contribution in [1.82, 2.24) is 0 Å². The van der Waals surface area contributed by atoms with Gasteiger partial charge in [0.1, 0.15) is 0 Å². The maximum absolute atomic E-state index is 10.4. The van der Waals surface area contributed by atoms with Gasteiger partial charge in [0.2, 0.25) is 0 Å². The molecule has 0 saturated carbocycles. The molecule has 0 spiro atoms. The lowest BCUT2D eigenvalue weighted by Crippen LogP contribution is -2.00. The second kappa shape index (κ2) is 44.0. The van der Waals surface area contributed by atoms with Gasteiger partial charge in [0.05, 0.1) is 6.61 Å². The molecule has 0 aromatic heterocycles. The normalized spacial score (nSPS) is 11.4. The number of rotatable bonds is 35. The van der Waals surface area contributed by atoms with E-state index in [1.807, 2.05) is 0 Å². The van der Waals surface area contributed by atoms with Gasteiger partial charge in [-0.05, 0) is 64.2 Å². The Morgan fingerprint density at radius 2 is 0.727 bits per heavy atom. The van der Waals surface area contributed by atoms with E-state index in [4.69, 9.17) is 11.0 Å². The van der Waals surface area contributed by atoms with Crippen LogP contribution in [-0.2, 0) is 9.63 Å². The Labute approximate surface area is 276 Å². The topological polar surface area (TPSA) is 72.5 Å². The van der Waals surface area contributed by atoms with Crippen LogP contribution in [0.2, 0.25) is 0 Å². The van der Waals surface area contributed by atoms with Crippen LogP contribution in [-0.4, -0.2) is 17.7 Å². The minimum Gasteiger partial charge on any atom is -0.481 e. The smallest absolute Gasteiger partial charge is 0.303 e. The standard InChI is InChI=1S/C22H42O2.C18H37NO/c1-2-3-4-5-6-7-8-9-10-11-12-13-14-15-16-17-18-19-20-21-22(23)24;1-2-3-4-5-6-7-8-9-10-11-12-13-14-15-16-17-18-20-19/h9-10H,2-8,11-21H2,1H3,(H,23,24);9-10H,2-8,11-19H2,1H3/b2*10-9-. The number of carbonyl (C=O) groups is 1. The average Bonchev–Trinajstić information content (AvgIpc) is 3.02. The zero-order chi connectivity index (χ0) is 32.4. The molecule has 0 aliphatic carbocycles. The molecule has 0 aromatic rings. The van der Waals surface area contributed by atoms with Crippen molar-refractivity contribution in [3.05, 3.63) is 24.3 Å². The van der Waals surface area contributed by atoms with Gasteiger partial charge in [0.15, 0.2) is 0 Å². The van der Waals surface area contributed by atoms with E-state index in [1.165, 1.54) is 180 Å².